The number of amides is 3. The molecule has 0 radical (unpaired) electrons. The van der Waals surface area contributed by atoms with Gasteiger partial charge in [-0.25, -0.2) is 9.78 Å². The predicted octanol–water partition coefficient (Wildman–Crippen LogP) is 1.20. The predicted molar refractivity (Wildman–Crippen MR) is 86.9 cm³/mol. The van der Waals surface area contributed by atoms with E-state index in [0.717, 1.165) is 22.4 Å². The number of nitrogens with one attached hydrogen (secondary N) is 1. The van der Waals surface area contributed by atoms with Crippen LogP contribution in [0.4, 0.5) is 4.79 Å². The van der Waals surface area contributed by atoms with Gasteiger partial charge in [0.15, 0.2) is 0 Å². The number of carbonyl (C=O) groups excluding carboxylic acids is 2. The molecule has 1 aliphatic heterocycles. The molecule has 122 valence electrons. The van der Waals surface area contributed by atoms with E-state index in [2.05, 4.69) is 9.97 Å². The van der Waals surface area contributed by atoms with Crippen LogP contribution in [-0.2, 0) is 11.3 Å². The first-order valence-corrected chi connectivity index (χ1v) is 7.64. The van der Waals surface area contributed by atoms with Gasteiger partial charge < -0.3 is 19.7 Å². The van der Waals surface area contributed by atoms with Gasteiger partial charge in [-0.3, -0.25) is 4.79 Å². The van der Waals surface area contributed by atoms with Crippen molar-refractivity contribution in [3.05, 3.63) is 29.6 Å². The molecule has 7 nitrogen and oxygen atoms in total. The number of rotatable bonds is 4. The molecule has 3 amide bonds. The molecule has 0 unspecified atom stereocenters. The molecule has 1 aromatic heterocycles. The van der Waals surface area contributed by atoms with Crippen molar-refractivity contribution in [3.63, 3.8) is 0 Å². The smallest absolute Gasteiger partial charge is 0.320 e. The number of urea groups is 1. The third kappa shape index (κ3) is 2.99. The topological polar surface area (TPSA) is 72.5 Å². The average molecular weight is 315 g/mol. The molecule has 0 bridgehead atoms. The summed E-state index contributed by atoms with van der Waals surface area (Å²) in [5.41, 5.74) is 3.00. The van der Waals surface area contributed by atoms with E-state index in [9.17, 15) is 9.59 Å². The van der Waals surface area contributed by atoms with E-state index < -0.39 is 0 Å². The number of fused-ring (bicyclic) bond motifs is 1. The number of hydrogen-bond acceptors (Lipinski definition) is 3. The quantitative estimate of drug-likeness (QED) is 0.921. The van der Waals surface area contributed by atoms with Crippen molar-refractivity contribution < 1.29 is 9.59 Å². The molecule has 3 rings (SSSR count). The maximum absolute atomic E-state index is 12.3. The molecular weight excluding hydrogens is 294 g/mol. The lowest BCUT2D eigenvalue weighted by atomic mass is 10.2. The average Bonchev–Trinajstić information content (AvgIpc) is 3.06. The summed E-state index contributed by atoms with van der Waals surface area (Å²) in [7, 11) is 3.47. The Balaban J connectivity index is 1.65. The van der Waals surface area contributed by atoms with Crippen molar-refractivity contribution in [1.29, 1.82) is 0 Å². The van der Waals surface area contributed by atoms with Crippen molar-refractivity contribution in [1.82, 2.24) is 24.7 Å². The lowest BCUT2D eigenvalue weighted by molar-refractivity contribution is -0.131. The molecule has 23 heavy (non-hydrogen) atoms. The van der Waals surface area contributed by atoms with Gasteiger partial charge in [0.05, 0.1) is 17.6 Å². The van der Waals surface area contributed by atoms with Crippen molar-refractivity contribution in [3.8, 4) is 0 Å². The molecule has 2 aromatic rings. The molecule has 2 heterocycles. The summed E-state index contributed by atoms with van der Waals surface area (Å²) in [4.78, 5) is 36.7. The molecule has 1 saturated heterocycles. The molecule has 0 spiro atoms. The van der Waals surface area contributed by atoms with E-state index in [1.807, 2.05) is 25.1 Å². The molecule has 1 aliphatic rings. The van der Waals surface area contributed by atoms with Crippen LogP contribution in [0.2, 0.25) is 0 Å². The van der Waals surface area contributed by atoms with Crippen LogP contribution in [0.3, 0.4) is 0 Å². The largest absolute Gasteiger partial charge is 0.340 e. The summed E-state index contributed by atoms with van der Waals surface area (Å²) in [6.45, 7) is 3.78. The lowest BCUT2D eigenvalue weighted by Crippen LogP contribution is -2.40. The van der Waals surface area contributed by atoms with Crippen molar-refractivity contribution in [2.45, 2.75) is 13.5 Å². The van der Waals surface area contributed by atoms with Crippen LogP contribution < -0.4 is 0 Å². The van der Waals surface area contributed by atoms with Gasteiger partial charge >= 0.3 is 6.03 Å². The lowest BCUT2D eigenvalue weighted by Gasteiger charge is -2.20. The Kier molecular flexibility index (Phi) is 3.94. The highest BCUT2D eigenvalue weighted by Gasteiger charge is 2.28. The Hall–Kier alpha value is -2.57. The minimum Gasteiger partial charge on any atom is -0.340 e. The zero-order valence-electron chi connectivity index (χ0n) is 13.7. The first-order chi connectivity index (χ1) is 11.0. The molecule has 1 aromatic carbocycles. The summed E-state index contributed by atoms with van der Waals surface area (Å²) in [5.74, 6) is 0.654. The molecule has 1 N–H and O–H groups in total. The van der Waals surface area contributed by atoms with Crippen molar-refractivity contribution in [2.24, 2.45) is 0 Å². The van der Waals surface area contributed by atoms with Gasteiger partial charge in [-0.1, -0.05) is 12.1 Å². The van der Waals surface area contributed by atoms with Crippen molar-refractivity contribution in [2.75, 3.05) is 33.7 Å². The SMILES string of the molecule is Cc1cccc2[nH]c(CN(C)C(=O)CN3CCN(C)C3=O)nc12. The van der Waals surface area contributed by atoms with Crippen LogP contribution in [0.15, 0.2) is 18.2 Å². The van der Waals surface area contributed by atoms with Crippen LogP contribution in [-0.4, -0.2) is 70.3 Å². The standard InChI is InChI=1S/C16H21N5O2/c1-11-5-4-6-12-15(11)18-13(17-12)9-20(3)14(22)10-21-8-7-19(2)16(21)23/h4-6H,7-10H2,1-3H3,(H,17,18). The molecule has 0 saturated carbocycles. The van der Waals surface area contributed by atoms with E-state index in [-0.39, 0.29) is 18.5 Å². The van der Waals surface area contributed by atoms with Crippen molar-refractivity contribution >= 4 is 23.0 Å². The van der Waals surface area contributed by atoms with E-state index in [1.165, 1.54) is 0 Å². The second-order valence-corrected chi connectivity index (χ2v) is 6.03. The number of imidazole rings is 1. The molecule has 0 aliphatic carbocycles. The highest BCUT2D eigenvalue weighted by Crippen LogP contribution is 2.16. The first kappa shape index (κ1) is 15.3. The van der Waals surface area contributed by atoms with Crippen LogP contribution in [0.5, 0.6) is 0 Å². The number of hydrogen-bond donors (Lipinski definition) is 1. The summed E-state index contributed by atoms with van der Waals surface area (Å²) in [5, 5.41) is 0. The summed E-state index contributed by atoms with van der Waals surface area (Å²) in [6, 6.07) is 5.87. The zero-order valence-corrected chi connectivity index (χ0v) is 13.7. The van der Waals surface area contributed by atoms with Gasteiger partial charge in [-0.2, -0.15) is 0 Å². The van der Waals surface area contributed by atoms with E-state index in [0.29, 0.717) is 19.6 Å². The summed E-state index contributed by atoms with van der Waals surface area (Å²) in [6.07, 6.45) is 0. The van der Waals surface area contributed by atoms with Gasteiger partial charge in [0, 0.05) is 27.2 Å². The number of carbonyl (C=O) groups is 2. The molecule has 7 heteroatoms. The monoisotopic (exact) mass is 315 g/mol. The highest BCUT2D eigenvalue weighted by molar-refractivity contribution is 5.85. The Morgan fingerprint density at radius 2 is 2.17 bits per heavy atom. The molecule has 0 atom stereocenters. The van der Waals surface area contributed by atoms with Crippen LogP contribution in [0, 0.1) is 6.92 Å². The van der Waals surface area contributed by atoms with Gasteiger partial charge in [0.25, 0.3) is 0 Å². The Morgan fingerprint density at radius 3 is 2.83 bits per heavy atom. The second-order valence-electron chi connectivity index (χ2n) is 6.03. The van der Waals surface area contributed by atoms with Crippen LogP contribution in [0.25, 0.3) is 11.0 Å². The van der Waals surface area contributed by atoms with Crippen LogP contribution >= 0.6 is 0 Å². The zero-order chi connectivity index (χ0) is 16.6. The summed E-state index contributed by atoms with van der Waals surface area (Å²) < 4.78 is 0. The molecular formula is C16H21N5O2. The fraction of sp³-hybridized carbons (Fsp3) is 0.438. The third-order valence-corrected chi connectivity index (χ3v) is 4.20. The minimum absolute atomic E-state index is 0.0916. The number of para-hydroxylation sites is 1. The van der Waals surface area contributed by atoms with Gasteiger partial charge in [0.1, 0.15) is 12.4 Å². The van der Waals surface area contributed by atoms with E-state index >= 15 is 0 Å². The number of aromatic nitrogens is 2. The first-order valence-electron chi connectivity index (χ1n) is 7.64. The number of H-pyrrole nitrogens is 1. The Labute approximate surface area is 134 Å². The van der Waals surface area contributed by atoms with Crippen LogP contribution in [0.1, 0.15) is 11.4 Å². The fourth-order valence-corrected chi connectivity index (χ4v) is 2.75. The minimum atomic E-state index is -0.0918. The number of aryl methyl sites for hydroxylation is 1. The fourth-order valence-electron chi connectivity index (χ4n) is 2.75. The number of likely N-dealkylation sites (N-methyl/N-ethyl adjacent to an activating group) is 2. The third-order valence-electron chi connectivity index (χ3n) is 4.20. The maximum atomic E-state index is 12.3. The maximum Gasteiger partial charge on any atom is 0.320 e. The molecule has 1 fully saturated rings. The normalized spacial score (nSPS) is 14.8. The Morgan fingerprint density at radius 1 is 1.39 bits per heavy atom. The number of aromatic amines is 1. The van der Waals surface area contributed by atoms with Gasteiger partial charge in [-0.05, 0) is 18.6 Å². The second kappa shape index (κ2) is 5.91. The number of benzene rings is 1. The van der Waals surface area contributed by atoms with E-state index in [1.54, 1.807) is 28.8 Å². The van der Waals surface area contributed by atoms with Gasteiger partial charge in [0.2, 0.25) is 5.91 Å². The van der Waals surface area contributed by atoms with Gasteiger partial charge in [-0.15, -0.1) is 0 Å². The summed E-state index contributed by atoms with van der Waals surface area (Å²) >= 11 is 0. The highest BCUT2D eigenvalue weighted by atomic mass is 16.2. The number of nitrogens with zero attached hydrogens (tertiary/aromatic N) is 4. The Bertz CT molecular complexity index is 754. The van der Waals surface area contributed by atoms with E-state index in [4.69, 9.17) is 0 Å².